The van der Waals surface area contributed by atoms with E-state index in [-0.39, 0.29) is 11.4 Å². The van der Waals surface area contributed by atoms with Gasteiger partial charge in [0.05, 0.1) is 0 Å². The Labute approximate surface area is 171 Å². The van der Waals surface area contributed by atoms with E-state index in [0.29, 0.717) is 12.8 Å². The molecule has 1 saturated carbocycles. The average molecular weight is 409 g/mol. The molecule has 2 heterocycles. The van der Waals surface area contributed by atoms with Gasteiger partial charge < -0.3 is 5.32 Å². The molecule has 1 aliphatic carbocycles. The van der Waals surface area contributed by atoms with Gasteiger partial charge in [-0.15, -0.1) is 0 Å². The number of hydrogen-bond acceptors (Lipinski definition) is 6. The minimum atomic E-state index is 0.153. The molecule has 0 spiro atoms. The first-order valence-corrected chi connectivity index (χ1v) is 12.4. The minimum absolute atomic E-state index is 0.153. The first-order chi connectivity index (χ1) is 13.0. The highest BCUT2D eigenvalue weighted by Gasteiger charge is 2.40. The summed E-state index contributed by atoms with van der Waals surface area (Å²) in [6, 6.07) is 0. The van der Waals surface area contributed by atoms with Crippen LogP contribution in [0.2, 0.25) is 0 Å². The van der Waals surface area contributed by atoms with Gasteiger partial charge >= 0.3 is 0 Å². The number of carbonyl (C=O) groups is 1. The van der Waals surface area contributed by atoms with Crippen molar-refractivity contribution in [1.29, 1.82) is 0 Å². The number of nitrogens with zero attached hydrogens (tertiary/aromatic N) is 3. The Hall–Kier alpha value is -0.790. The maximum absolute atomic E-state index is 12.6. The van der Waals surface area contributed by atoms with Gasteiger partial charge in [-0.1, -0.05) is 24.6 Å². The Kier molecular flexibility index (Phi) is 7.45. The minimum Gasteiger partial charge on any atom is -0.354 e. The first kappa shape index (κ1) is 20.9. The fourth-order valence-corrected chi connectivity index (χ4v) is 5.79. The van der Waals surface area contributed by atoms with E-state index in [4.69, 9.17) is 0 Å². The van der Waals surface area contributed by atoms with E-state index in [1.807, 2.05) is 31.9 Å². The van der Waals surface area contributed by atoms with Gasteiger partial charge in [0.1, 0.15) is 0 Å². The SMILES string of the molecule is CSc1nc(C)c(CCC(=O)NCC2(N3CCSCC3)CCCC2)c(C)n1. The van der Waals surface area contributed by atoms with Gasteiger partial charge in [0.2, 0.25) is 5.91 Å². The third-order valence-corrected chi connectivity index (χ3v) is 7.51. The van der Waals surface area contributed by atoms with Crippen molar-refractivity contribution >= 4 is 29.4 Å². The molecule has 1 N–H and O–H groups in total. The van der Waals surface area contributed by atoms with Crippen molar-refractivity contribution in [2.45, 2.75) is 63.1 Å². The summed E-state index contributed by atoms with van der Waals surface area (Å²) in [6.07, 6.45) is 8.23. The van der Waals surface area contributed by atoms with Gasteiger partial charge in [-0.25, -0.2) is 9.97 Å². The molecule has 2 aliphatic rings. The van der Waals surface area contributed by atoms with Crippen LogP contribution >= 0.6 is 23.5 Å². The molecular formula is C20H32N4OS2. The monoisotopic (exact) mass is 408 g/mol. The predicted octanol–water partition coefficient (Wildman–Crippen LogP) is 3.23. The molecule has 0 aromatic carbocycles. The van der Waals surface area contributed by atoms with Crippen LogP contribution < -0.4 is 5.32 Å². The summed E-state index contributed by atoms with van der Waals surface area (Å²) in [5.74, 6) is 2.60. The van der Waals surface area contributed by atoms with Gasteiger partial charge in [-0.2, -0.15) is 11.8 Å². The lowest BCUT2D eigenvalue weighted by Gasteiger charge is -2.43. The molecule has 1 aromatic heterocycles. The van der Waals surface area contributed by atoms with E-state index in [9.17, 15) is 4.79 Å². The topological polar surface area (TPSA) is 58.1 Å². The van der Waals surface area contributed by atoms with E-state index >= 15 is 0 Å². The first-order valence-electron chi connectivity index (χ1n) is 10.0. The lowest BCUT2D eigenvalue weighted by atomic mass is 9.94. The van der Waals surface area contributed by atoms with E-state index in [1.165, 1.54) is 37.2 Å². The maximum Gasteiger partial charge on any atom is 0.220 e. The van der Waals surface area contributed by atoms with Crippen LogP contribution in [-0.2, 0) is 11.2 Å². The van der Waals surface area contributed by atoms with Crippen molar-refractivity contribution in [3.8, 4) is 0 Å². The summed E-state index contributed by atoms with van der Waals surface area (Å²) in [5, 5.41) is 4.07. The van der Waals surface area contributed by atoms with Crippen molar-refractivity contribution in [2.75, 3.05) is 37.4 Å². The normalized spacial score (nSPS) is 20.0. The Morgan fingerprint density at radius 2 is 1.81 bits per heavy atom. The van der Waals surface area contributed by atoms with Gasteiger partial charge in [-0.3, -0.25) is 9.69 Å². The van der Waals surface area contributed by atoms with Crippen LogP contribution in [0.4, 0.5) is 0 Å². The van der Waals surface area contributed by atoms with E-state index < -0.39 is 0 Å². The number of carbonyl (C=O) groups excluding carboxylic acids is 1. The second kappa shape index (κ2) is 9.61. The van der Waals surface area contributed by atoms with Crippen molar-refractivity contribution in [3.05, 3.63) is 17.0 Å². The molecule has 2 fully saturated rings. The summed E-state index contributed by atoms with van der Waals surface area (Å²) in [6.45, 7) is 7.17. The highest BCUT2D eigenvalue weighted by molar-refractivity contribution is 7.99. The van der Waals surface area contributed by atoms with Crippen LogP contribution in [0.5, 0.6) is 0 Å². The van der Waals surface area contributed by atoms with Crippen molar-refractivity contribution < 1.29 is 4.79 Å². The Balaban J connectivity index is 1.54. The predicted molar refractivity (Wildman–Crippen MR) is 115 cm³/mol. The Bertz CT molecular complexity index is 632. The highest BCUT2D eigenvalue weighted by Crippen LogP contribution is 2.36. The number of nitrogens with one attached hydrogen (secondary N) is 1. The van der Waals surface area contributed by atoms with Crippen LogP contribution in [0.25, 0.3) is 0 Å². The zero-order valence-electron chi connectivity index (χ0n) is 16.8. The van der Waals surface area contributed by atoms with Crippen molar-refractivity contribution in [3.63, 3.8) is 0 Å². The molecule has 0 atom stereocenters. The summed E-state index contributed by atoms with van der Waals surface area (Å²) in [7, 11) is 0. The third-order valence-electron chi connectivity index (χ3n) is 6.02. The van der Waals surface area contributed by atoms with E-state index in [1.54, 1.807) is 11.8 Å². The summed E-state index contributed by atoms with van der Waals surface area (Å²) < 4.78 is 0. The molecule has 7 heteroatoms. The van der Waals surface area contributed by atoms with Crippen LogP contribution in [0.15, 0.2) is 5.16 Å². The number of hydrogen-bond donors (Lipinski definition) is 1. The molecule has 1 aliphatic heterocycles. The number of aromatic nitrogens is 2. The molecule has 27 heavy (non-hydrogen) atoms. The van der Waals surface area contributed by atoms with Crippen LogP contribution in [0.3, 0.4) is 0 Å². The number of rotatable bonds is 7. The molecule has 1 aromatic rings. The Morgan fingerprint density at radius 3 is 2.41 bits per heavy atom. The quantitative estimate of drug-likeness (QED) is 0.552. The molecule has 0 radical (unpaired) electrons. The smallest absolute Gasteiger partial charge is 0.220 e. The zero-order valence-corrected chi connectivity index (χ0v) is 18.5. The molecule has 0 unspecified atom stereocenters. The standard InChI is InChI=1S/C20H32N4OS2/c1-15-17(16(2)23-19(22-15)26-3)6-7-18(25)21-14-20(8-4-5-9-20)24-10-12-27-13-11-24/h4-14H2,1-3H3,(H,21,25). The van der Waals surface area contributed by atoms with Crippen LogP contribution in [0.1, 0.15) is 49.1 Å². The summed E-state index contributed by atoms with van der Waals surface area (Å²) in [5.41, 5.74) is 3.31. The maximum atomic E-state index is 12.6. The van der Waals surface area contributed by atoms with Gasteiger partial charge in [0.15, 0.2) is 5.16 Å². The van der Waals surface area contributed by atoms with Gasteiger partial charge in [0.25, 0.3) is 0 Å². The molecule has 1 amide bonds. The third kappa shape index (κ3) is 5.18. The molecule has 5 nitrogen and oxygen atoms in total. The van der Waals surface area contributed by atoms with Crippen molar-refractivity contribution in [1.82, 2.24) is 20.2 Å². The Morgan fingerprint density at radius 1 is 1.19 bits per heavy atom. The summed E-state index contributed by atoms with van der Waals surface area (Å²) >= 11 is 3.61. The van der Waals surface area contributed by atoms with E-state index in [2.05, 4.69) is 20.2 Å². The molecule has 150 valence electrons. The zero-order chi connectivity index (χ0) is 19.3. The number of amides is 1. The van der Waals surface area contributed by atoms with E-state index in [0.717, 1.165) is 41.7 Å². The molecular weight excluding hydrogens is 376 g/mol. The molecule has 1 saturated heterocycles. The lowest BCUT2D eigenvalue weighted by molar-refractivity contribution is -0.121. The highest BCUT2D eigenvalue weighted by atomic mass is 32.2. The van der Waals surface area contributed by atoms with Gasteiger partial charge in [-0.05, 0) is 44.9 Å². The average Bonchev–Trinajstić information content (AvgIpc) is 3.16. The number of thioether (sulfide) groups is 2. The lowest BCUT2D eigenvalue weighted by Crippen LogP contribution is -2.56. The van der Waals surface area contributed by atoms with Gasteiger partial charge in [0, 0.05) is 54.5 Å². The fourth-order valence-electron chi connectivity index (χ4n) is 4.43. The molecule has 0 bridgehead atoms. The van der Waals surface area contributed by atoms with Crippen LogP contribution in [-0.4, -0.2) is 63.7 Å². The number of aryl methyl sites for hydroxylation is 2. The second-order valence-electron chi connectivity index (χ2n) is 7.67. The largest absolute Gasteiger partial charge is 0.354 e. The van der Waals surface area contributed by atoms with Crippen molar-refractivity contribution in [2.24, 2.45) is 0 Å². The summed E-state index contributed by atoms with van der Waals surface area (Å²) in [4.78, 5) is 24.3. The molecule has 3 rings (SSSR count). The second-order valence-corrected chi connectivity index (χ2v) is 9.67. The van der Waals surface area contributed by atoms with Crippen LogP contribution in [0, 0.1) is 13.8 Å². The fraction of sp³-hybridized carbons (Fsp3) is 0.750.